The van der Waals surface area contributed by atoms with E-state index < -0.39 is 0 Å². The van der Waals surface area contributed by atoms with Gasteiger partial charge in [-0.3, -0.25) is 4.90 Å². The van der Waals surface area contributed by atoms with Crippen molar-refractivity contribution in [2.45, 2.75) is 64.0 Å². The van der Waals surface area contributed by atoms with Crippen LogP contribution in [0.15, 0.2) is 0 Å². The zero-order chi connectivity index (χ0) is 13.6. The Hall–Kier alpha value is 0.270. The van der Waals surface area contributed by atoms with E-state index in [4.69, 9.17) is 5.73 Å². The summed E-state index contributed by atoms with van der Waals surface area (Å²) in [5.41, 5.74) is 6.49. The van der Waals surface area contributed by atoms with Crippen LogP contribution < -0.4 is 5.73 Å². The highest BCUT2D eigenvalue weighted by molar-refractivity contribution is 7.98. The second kappa shape index (κ2) is 7.76. The Morgan fingerprint density at radius 1 is 1.44 bits per heavy atom. The van der Waals surface area contributed by atoms with E-state index in [1.54, 1.807) is 0 Å². The number of rotatable bonds is 7. The first-order chi connectivity index (χ1) is 8.62. The van der Waals surface area contributed by atoms with E-state index in [0.717, 1.165) is 12.5 Å². The van der Waals surface area contributed by atoms with Crippen LogP contribution in [0.25, 0.3) is 0 Å². The van der Waals surface area contributed by atoms with Crippen molar-refractivity contribution in [3.63, 3.8) is 0 Å². The Bertz CT molecular complexity index is 235. The lowest BCUT2D eigenvalue weighted by Crippen LogP contribution is -2.60. The molecule has 18 heavy (non-hydrogen) atoms. The SMILES string of the molecule is CCC1CCCCC1(CN)N(C)C(C)CCSC. The van der Waals surface area contributed by atoms with Crippen LogP contribution in [0.4, 0.5) is 0 Å². The maximum Gasteiger partial charge on any atom is 0.0359 e. The zero-order valence-electron chi connectivity index (χ0n) is 12.7. The molecule has 0 aliphatic heterocycles. The summed E-state index contributed by atoms with van der Waals surface area (Å²) in [6, 6.07) is 0.646. The van der Waals surface area contributed by atoms with E-state index in [0.29, 0.717) is 6.04 Å². The fourth-order valence-electron chi connectivity index (χ4n) is 3.68. The third kappa shape index (κ3) is 3.43. The standard InChI is InChI=1S/C15H32N2S/c1-5-14-8-6-7-10-15(14,12-16)17(3)13(2)9-11-18-4/h13-14H,5-12,16H2,1-4H3. The molecule has 3 unspecified atom stereocenters. The third-order valence-corrected chi connectivity index (χ3v) is 5.77. The van der Waals surface area contributed by atoms with Gasteiger partial charge in [-0.05, 0) is 51.2 Å². The Morgan fingerprint density at radius 3 is 2.72 bits per heavy atom. The minimum absolute atomic E-state index is 0.269. The van der Waals surface area contributed by atoms with Crippen molar-refractivity contribution in [3.05, 3.63) is 0 Å². The molecule has 0 heterocycles. The minimum Gasteiger partial charge on any atom is -0.329 e. The molecule has 2 N–H and O–H groups in total. The molecule has 0 radical (unpaired) electrons. The van der Waals surface area contributed by atoms with Crippen LogP contribution in [0.1, 0.15) is 52.4 Å². The van der Waals surface area contributed by atoms with E-state index >= 15 is 0 Å². The maximum absolute atomic E-state index is 6.22. The van der Waals surface area contributed by atoms with Gasteiger partial charge < -0.3 is 5.73 Å². The van der Waals surface area contributed by atoms with Crippen molar-refractivity contribution in [1.82, 2.24) is 4.90 Å². The number of hydrogen-bond acceptors (Lipinski definition) is 3. The van der Waals surface area contributed by atoms with Gasteiger partial charge in [0.15, 0.2) is 0 Å². The summed E-state index contributed by atoms with van der Waals surface area (Å²) < 4.78 is 0. The Kier molecular flexibility index (Phi) is 7.04. The lowest BCUT2D eigenvalue weighted by molar-refractivity contribution is -0.00222. The van der Waals surface area contributed by atoms with E-state index in [1.165, 1.54) is 44.3 Å². The molecule has 0 aromatic carbocycles. The largest absolute Gasteiger partial charge is 0.329 e. The second-order valence-corrected chi connectivity index (χ2v) is 6.89. The third-order valence-electron chi connectivity index (χ3n) is 5.12. The van der Waals surface area contributed by atoms with Crippen LogP contribution in [0.5, 0.6) is 0 Å². The molecule has 1 aliphatic rings. The molecule has 108 valence electrons. The van der Waals surface area contributed by atoms with Crippen molar-refractivity contribution in [2.75, 3.05) is 25.6 Å². The second-order valence-electron chi connectivity index (χ2n) is 5.90. The smallest absolute Gasteiger partial charge is 0.0359 e. The Labute approximate surface area is 118 Å². The topological polar surface area (TPSA) is 29.3 Å². The fraction of sp³-hybridized carbons (Fsp3) is 1.00. The van der Waals surface area contributed by atoms with Gasteiger partial charge in [0.05, 0.1) is 0 Å². The molecule has 2 nitrogen and oxygen atoms in total. The van der Waals surface area contributed by atoms with Gasteiger partial charge in [-0.2, -0.15) is 11.8 Å². The van der Waals surface area contributed by atoms with Gasteiger partial charge in [0, 0.05) is 18.1 Å². The van der Waals surface area contributed by atoms with Crippen LogP contribution in [0.3, 0.4) is 0 Å². The molecule has 3 atom stereocenters. The summed E-state index contributed by atoms with van der Waals surface area (Å²) in [7, 11) is 2.31. The summed E-state index contributed by atoms with van der Waals surface area (Å²) in [4.78, 5) is 2.62. The fourth-order valence-corrected chi connectivity index (χ4v) is 4.25. The zero-order valence-corrected chi connectivity index (χ0v) is 13.6. The summed E-state index contributed by atoms with van der Waals surface area (Å²) >= 11 is 1.95. The predicted molar refractivity (Wildman–Crippen MR) is 84.3 cm³/mol. The summed E-state index contributed by atoms with van der Waals surface area (Å²) in [5, 5.41) is 0. The molecule has 0 aromatic heterocycles. The highest BCUT2D eigenvalue weighted by Gasteiger charge is 2.43. The molecule has 1 rings (SSSR count). The summed E-state index contributed by atoms with van der Waals surface area (Å²) in [6.45, 7) is 5.53. The van der Waals surface area contributed by atoms with Gasteiger partial charge in [-0.15, -0.1) is 0 Å². The average Bonchev–Trinajstić information content (AvgIpc) is 2.43. The van der Waals surface area contributed by atoms with Gasteiger partial charge >= 0.3 is 0 Å². The van der Waals surface area contributed by atoms with Gasteiger partial charge in [-0.25, -0.2) is 0 Å². The lowest BCUT2D eigenvalue weighted by Gasteiger charge is -2.52. The molecule has 0 spiro atoms. The molecule has 0 bridgehead atoms. The van der Waals surface area contributed by atoms with Gasteiger partial charge in [-0.1, -0.05) is 26.2 Å². The van der Waals surface area contributed by atoms with Crippen LogP contribution in [-0.2, 0) is 0 Å². The van der Waals surface area contributed by atoms with E-state index in [-0.39, 0.29) is 5.54 Å². The van der Waals surface area contributed by atoms with Gasteiger partial charge in [0.25, 0.3) is 0 Å². The molecular weight excluding hydrogens is 240 g/mol. The minimum atomic E-state index is 0.269. The number of nitrogens with two attached hydrogens (primary N) is 1. The average molecular weight is 273 g/mol. The molecule has 1 saturated carbocycles. The Morgan fingerprint density at radius 2 is 2.17 bits per heavy atom. The first-order valence-corrected chi connectivity index (χ1v) is 8.93. The van der Waals surface area contributed by atoms with Crippen molar-refractivity contribution in [1.29, 1.82) is 0 Å². The normalized spacial score (nSPS) is 30.7. The molecule has 1 fully saturated rings. The number of nitrogens with zero attached hydrogens (tertiary/aromatic N) is 1. The lowest BCUT2D eigenvalue weighted by atomic mass is 9.70. The first-order valence-electron chi connectivity index (χ1n) is 7.54. The molecule has 1 aliphatic carbocycles. The Balaban J connectivity index is 2.77. The predicted octanol–water partition coefficient (Wildman–Crippen LogP) is 3.36. The van der Waals surface area contributed by atoms with Crippen LogP contribution >= 0.6 is 11.8 Å². The van der Waals surface area contributed by atoms with Crippen molar-refractivity contribution >= 4 is 11.8 Å². The number of thioether (sulfide) groups is 1. The highest BCUT2D eigenvalue weighted by atomic mass is 32.2. The van der Waals surface area contributed by atoms with Crippen LogP contribution in [-0.4, -0.2) is 42.1 Å². The van der Waals surface area contributed by atoms with Gasteiger partial charge in [0.1, 0.15) is 0 Å². The highest BCUT2D eigenvalue weighted by Crippen LogP contribution is 2.40. The van der Waals surface area contributed by atoms with Crippen LogP contribution in [0.2, 0.25) is 0 Å². The molecule has 3 heteroatoms. The summed E-state index contributed by atoms with van der Waals surface area (Å²) in [6.07, 6.45) is 10.2. The first kappa shape index (κ1) is 16.3. The van der Waals surface area contributed by atoms with Crippen molar-refractivity contribution < 1.29 is 0 Å². The van der Waals surface area contributed by atoms with Crippen LogP contribution in [0, 0.1) is 5.92 Å². The van der Waals surface area contributed by atoms with E-state index in [1.807, 2.05) is 11.8 Å². The van der Waals surface area contributed by atoms with Crippen molar-refractivity contribution in [2.24, 2.45) is 11.7 Å². The number of hydrogen-bond donors (Lipinski definition) is 1. The molecule has 0 amide bonds. The van der Waals surface area contributed by atoms with E-state index in [2.05, 4.69) is 32.1 Å². The molecule has 0 saturated heterocycles. The molecular formula is C15H32N2S. The van der Waals surface area contributed by atoms with E-state index in [9.17, 15) is 0 Å². The molecule has 0 aromatic rings. The number of likely N-dealkylation sites (N-methyl/N-ethyl adjacent to an activating group) is 1. The van der Waals surface area contributed by atoms with Gasteiger partial charge in [0.2, 0.25) is 0 Å². The van der Waals surface area contributed by atoms with Crippen molar-refractivity contribution in [3.8, 4) is 0 Å². The monoisotopic (exact) mass is 272 g/mol. The summed E-state index contributed by atoms with van der Waals surface area (Å²) in [5.74, 6) is 2.04. The maximum atomic E-state index is 6.22. The quantitative estimate of drug-likeness (QED) is 0.770.